The number of hydrogen-bond donors (Lipinski definition) is 3. The molecule has 2 aliphatic rings. The van der Waals surface area contributed by atoms with Crippen LogP contribution in [0.25, 0.3) is 0 Å². The maximum atomic E-state index is 10.5. The molecule has 0 radical (unpaired) electrons. The number of hydrogen-bond acceptors (Lipinski definition) is 12. The molecule has 2 aliphatic carbocycles. The molecule has 12 heteroatoms. The van der Waals surface area contributed by atoms with Gasteiger partial charge in [0.25, 0.3) is 0 Å². The number of rotatable bonds is 18. The topological polar surface area (TPSA) is 183 Å². The number of aryl methyl sites for hydroxylation is 2. The summed E-state index contributed by atoms with van der Waals surface area (Å²) < 4.78 is 11.3. The molecule has 0 amide bonds. The zero-order valence-corrected chi connectivity index (χ0v) is 39.7. The fourth-order valence-electron chi connectivity index (χ4n) is 6.33. The van der Waals surface area contributed by atoms with E-state index in [1.165, 1.54) is 94.9 Å². The van der Waals surface area contributed by atoms with Crippen LogP contribution in [0.2, 0.25) is 0 Å². The summed E-state index contributed by atoms with van der Waals surface area (Å²) in [6.45, 7) is 15.0. The van der Waals surface area contributed by atoms with Crippen molar-refractivity contribution in [3.8, 4) is 5.75 Å². The molecule has 0 aromatic heterocycles. The molecule has 2 saturated carbocycles. The van der Waals surface area contributed by atoms with Gasteiger partial charge in [0.1, 0.15) is 24.9 Å². The minimum atomic E-state index is 0.472. The molecule has 0 atom stereocenters. The summed E-state index contributed by atoms with van der Waals surface area (Å²) >= 11 is 0. The third-order valence-electron chi connectivity index (χ3n) is 9.94. The number of carbonyl (C=O) groups excluding carboxylic acids is 2. The van der Waals surface area contributed by atoms with Crippen LogP contribution in [0.1, 0.15) is 124 Å². The van der Waals surface area contributed by atoms with Crippen LogP contribution in [-0.2, 0) is 29.2 Å². The van der Waals surface area contributed by atoms with E-state index in [4.69, 9.17) is 25.7 Å². The highest BCUT2D eigenvalue weighted by Gasteiger charge is 2.11. The Kier molecular flexibility index (Phi) is 39.5. The normalized spacial score (nSPS) is 13.0. The van der Waals surface area contributed by atoms with Crippen LogP contribution < -0.4 is 21.9 Å². The van der Waals surface area contributed by atoms with Crippen LogP contribution in [0.4, 0.5) is 0 Å². The van der Waals surface area contributed by atoms with Crippen LogP contribution >= 0.6 is 0 Å². The molecule has 63 heavy (non-hydrogen) atoms. The van der Waals surface area contributed by atoms with Gasteiger partial charge in [-0.05, 0) is 107 Å². The summed E-state index contributed by atoms with van der Waals surface area (Å²) in [4.78, 5) is 38.1. The number of ether oxygens (including phenoxy) is 2. The molecular formula is C51H82N8O4. The average Bonchev–Trinajstić information content (AvgIpc) is 3.34. The van der Waals surface area contributed by atoms with Gasteiger partial charge in [0.15, 0.2) is 0 Å². The van der Waals surface area contributed by atoms with Crippen LogP contribution in [0.15, 0.2) is 92.8 Å². The van der Waals surface area contributed by atoms with Gasteiger partial charge >= 0.3 is 0 Å². The number of likely N-dealkylation sites (N-methyl/N-ethyl adjacent to an activating group) is 1. The second-order valence-corrected chi connectivity index (χ2v) is 14.9. The average molecular weight is 871 g/mol. The fraction of sp³-hybridized carbons (Fsp3) is 0.569. The molecule has 0 unspecified atom stereocenters. The molecule has 5 rings (SSSR count). The van der Waals surface area contributed by atoms with Gasteiger partial charge in [-0.1, -0.05) is 106 Å². The number of carbonyl (C=O) groups is 2. The highest BCUT2D eigenvalue weighted by molar-refractivity contribution is 5.74. The van der Waals surface area contributed by atoms with E-state index >= 15 is 0 Å². The first kappa shape index (κ1) is 58.4. The molecule has 0 aliphatic heterocycles. The Bertz CT molecular complexity index is 1620. The smallest absolute Gasteiger partial charge is 0.150 e. The Morgan fingerprint density at radius 1 is 0.714 bits per heavy atom. The Morgan fingerprint density at radius 2 is 1.21 bits per heavy atom. The molecule has 2 fully saturated rings. The molecule has 0 bridgehead atoms. The quantitative estimate of drug-likeness (QED) is 0.0642. The summed E-state index contributed by atoms with van der Waals surface area (Å²) in [7, 11) is 3.21. The maximum Gasteiger partial charge on any atom is 0.150 e. The second kappa shape index (κ2) is 42.7. The van der Waals surface area contributed by atoms with Crippen LogP contribution in [0.3, 0.4) is 0 Å². The van der Waals surface area contributed by atoms with E-state index in [0.717, 1.165) is 82.6 Å². The predicted octanol–water partition coefficient (Wildman–Crippen LogP) is 9.18. The SMILES string of the molecule is CC=O.CCN(CCN)CCN.CCc1ccc(COCCCN=C=NC2CCCCC2)cc1.CN.CN=C=NC1CCCCC1.Cc1ccc(COc2ccc(C=O)cc2)cc1. The van der Waals surface area contributed by atoms with Crippen molar-refractivity contribution >= 4 is 24.6 Å². The minimum Gasteiger partial charge on any atom is -0.489 e. The largest absolute Gasteiger partial charge is 0.489 e. The maximum absolute atomic E-state index is 10.5. The predicted molar refractivity (Wildman–Crippen MR) is 264 cm³/mol. The van der Waals surface area contributed by atoms with Crippen molar-refractivity contribution in [2.75, 3.05) is 60.0 Å². The Balaban J connectivity index is 0.000000830. The second-order valence-electron chi connectivity index (χ2n) is 14.9. The molecule has 350 valence electrons. The van der Waals surface area contributed by atoms with E-state index in [1.54, 1.807) is 31.3 Å². The molecular weight excluding hydrogens is 789 g/mol. The first-order chi connectivity index (χ1) is 30.8. The number of nitrogens with zero attached hydrogens (tertiary/aromatic N) is 5. The van der Waals surface area contributed by atoms with E-state index in [9.17, 15) is 4.79 Å². The molecule has 0 spiro atoms. The van der Waals surface area contributed by atoms with Crippen LogP contribution in [-0.4, -0.2) is 102 Å². The van der Waals surface area contributed by atoms with E-state index in [2.05, 4.69) is 112 Å². The lowest BCUT2D eigenvalue weighted by molar-refractivity contribution is -0.106. The summed E-state index contributed by atoms with van der Waals surface area (Å²) in [5.74, 6) is 0.774. The van der Waals surface area contributed by atoms with E-state index in [0.29, 0.717) is 30.9 Å². The third-order valence-corrected chi connectivity index (χ3v) is 9.94. The van der Waals surface area contributed by atoms with Crippen molar-refractivity contribution in [3.63, 3.8) is 0 Å². The van der Waals surface area contributed by atoms with Crippen molar-refractivity contribution in [2.45, 2.75) is 130 Å². The third kappa shape index (κ3) is 32.7. The summed E-state index contributed by atoms with van der Waals surface area (Å²) in [6.07, 6.45) is 16.5. The first-order valence-electron chi connectivity index (χ1n) is 23.0. The highest BCUT2D eigenvalue weighted by Crippen LogP contribution is 2.20. The van der Waals surface area contributed by atoms with Crippen molar-refractivity contribution in [1.82, 2.24) is 4.90 Å². The zero-order chi connectivity index (χ0) is 46.6. The summed E-state index contributed by atoms with van der Waals surface area (Å²) in [6, 6.07) is 30.5. The Labute approximate surface area is 381 Å². The summed E-state index contributed by atoms with van der Waals surface area (Å²) in [5, 5.41) is 0. The van der Waals surface area contributed by atoms with Gasteiger partial charge in [0.2, 0.25) is 0 Å². The van der Waals surface area contributed by atoms with Gasteiger partial charge in [-0.25, -0.2) is 20.0 Å². The minimum absolute atomic E-state index is 0.472. The van der Waals surface area contributed by atoms with Gasteiger partial charge in [-0.15, -0.1) is 0 Å². The molecule has 0 heterocycles. The van der Waals surface area contributed by atoms with Crippen molar-refractivity contribution < 1.29 is 19.1 Å². The number of aliphatic imine (C=N–C) groups is 4. The molecule has 3 aromatic carbocycles. The van der Waals surface area contributed by atoms with Gasteiger partial charge < -0.3 is 36.4 Å². The first-order valence-corrected chi connectivity index (χ1v) is 23.0. The van der Waals surface area contributed by atoms with E-state index in [-0.39, 0.29) is 0 Å². The number of benzene rings is 3. The Morgan fingerprint density at radius 3 is 1.68 bits per heavy atom. The van der Waals surface area contributed by atoms with Crippen molar-refractivity contribution in [1.29, 1.82) is 0 Å². The lowest BCUT2D eigenvalue weighted by Crippen LogP contribution is -2.33. The van der Waals surface area contributed by atoms with Gasteiger partial charge in [0, 0.05) is 45.4 Å². The molecule has 3 aromatic rings. The standard InChI is InChI=1S/C19H28N2O.C15H14O2.C8H14N2.C6H17N3.C2H4O.CH5N/c1-2-17-9-11-18(12-10-17)15-22-14-6-13-20-16-21-19-7-4-3-5-8-19;1-12-2-4-14(5-3-12)11-17-15-8-6-13(10-16)7-9-15;1-9-7-10-8-5-3-2-4-6-8;1-2-9(5-3-7)6-4-8;1-2-3;1-2/h9-12,19H,2-8,13-15H2,1H3;2-10H,11H2,1H3;8H,2-6H2,1H3;2-8H2,1H3;2H,1H3;2H2,1H3. The Hall–Kier alpha value is -4.64. The zero-order valence-electron chi connectivity index (χ0n) is 39.7. The van der Waals surface area contributed by atoms with E-state index in [1.807, 2.05) is 0 Å². The molecule has 0 saturated heterocycles. The summed E-state index contributed by atoms with van der Waals surface area (Å²) in [5.41, 5.74) is 20.8. The van der Waals surface area contributed by atoms with Crippen molar-refractivity contribution in [2.24, 2.45) is 37.2 Å². The van der Waals surface area contributed by atoms with Crippen LogP contribution in [0.5, 0.6) is 5.75 Å². The number of nitrogens with two attached hydrogens (primary N) is 3. The number of aldehydes is 2. The van der Waals surface area contributed by atoms with Gasteiger partial charge in [-0.3, -0.25) is 4.79 Å². The lowest BCUT2D eigenvalue weighted by Gasteiger charge is -2.17. The molecule has 6 N–H and O–H groups in total. The monoisotopic (exact) mass is 871 g/mol. The molecule has 12 nitrogen and oxygen atoms in total. The van der Waals surface area contributed by atoms with Gasteiger partial charge in [0.05, 0.1) is 37.3 Å². The van der Waals surface area contributed by atoms with Gasteiger partial charge in [-0.2, -0.15) is 0 Å². The highest BCUT2D eigenvalue weighted by atomic mass is 16.5. The fourth-order valence-corrected chi connectivity index (χ4v) is 6.33. The van der Waals surface area contributed by atoms with Crippen molar-refractivity contribution in [3.05, 3.63) is 101 Å². The lowest BCUT2D eigenvalue weighted by atomic mass is 9.96. The van der Waals surface area contributed by atoms with E-state index < -0.39 is 0 Å². The van der Waals surface area contributed by atoms with Crippen LogP contribution in [0, 0.1) is 6.92 Å².